The average Bonchev–Trinajstić information content (AvgIpc) is 3.00. The molecule has 1 amide bonds. The van der Waals surface area contributed by atoms with Gasteiger partial charge in [-0.2, -0.15) is 5.26 Å². The minimum absolute atomic E-state index is 0.00832. The molecule has 2 heterocycles. The van der Waals surface area contributed by atoms with Gasteiger partial charge in [-0.3, -0.25) is 4.79 Å². The van der Waals surface area contributed by atoms with Gasteiger partial charge in [0, 0.05) is 29.9 Å². The average molecular weight is 416 g/mol. The first kappa shape index (κ1) is 19.6. The first-order valence-electron chi connectivity index (χ1n) is 10.7. The van der Waals surface area contributed by atoms with Gasteiger partial charge in [-0.05, 0) is 56.4 Å². The highest BCUT2D eigenvalue weighted by Gasteiger charge is 2.58. The number of carbonyl (C=O) groups excluding carboxylic acids is 1. The molecule has 6 rings (SSSR count). The van der Waals surface area contributed by atoms with E-state index in [2.05, 4.69) is 20.6 Å². The van der Waals surface area contributed by atoms with Crippen LogP contribution >= 0.6 is 0 Å². The summed E-state index contributed by atoms with van der Waals surface area (Å²) in [7, 11) is 0. The first-order chi connectivity index (χ1) is 14.3. The molecule has 2 unspecified atom stereocenters. The maximum absolute atomic E-state index is 13.7. The number of carbonyl (C=O) groups is 1. The molecular formula is C21H26F2N6O. The molecule has 1 saturated heterocycles. The molecule has 3 atom stereocenters. The van der Waals surface area contributed by atoms with Gasteiger partial charge < -0.3 is 15.5 Å². The molecular weight excluding hydrogens is 390 g/mol. The molecule has 1 aliphatic heterocycles. The smallest absolute Gasteiger partial charge is 0.268 e. The zero-order chi connectivity index (χ0) is 21.0. The van der Waals surface area contributed by atoms with Crippen molar-refractivity contribution in [3.8, 4) is 6.07 Å². The van der Waals surface area contributed by atoms with Gasteiger partial charge >= 0.3 is 0 Å². The van der Waals surface area contributed by atoms with Crippen molar-refractivity contribution in [1.82, 2.24) is 20.2 Å². The van der Waals surface area contributed by atoms with Gasteiger partial charge in [-0.15, -0.1) is 0 Å². The molecule has 7 nitrogen and oxygen atoms in total. The number of rotatable bonds is 5. The highest BCUT2D eigenvalue weighted by atomic mass is 19.3. The van der Waals surface area contributed by atoms with Crippen LogP contribution in [0.5, 0.6) is 0 Å². The van der Waals surface area contributed by atoms with Gasteiger partial charge in [0.15, 0.2) is 0 Å². The molecule has 4 bridgehead atoms. The molecule has 2 N–H and O–H groups in total. The summed E-state index contributed by atoms with van der Waals surface area (Å²) in [5.74, 6) is -1.65. The number of alkyl halides is 2. The van der Waals surface area contributed by atoms with Crippen LogP contribution < -0.4 is 10.6 Å². The van der Waals surface area contributed by atoms with E-state index in [9.17, 15) is 18.8 Å². The first-order valence-corrected chi connectivity index (χ1v) is 10.7. The monoisotopic (exact) mass is 416 g/mol. The van der Waals surface area contributed by atoms with Crippen LogP contribution in [0.25, 0.3) is 0 Å². The molecule has 4 saturated carbocycles. The van der Waals surface area contributed by atoms with E-state index in [1.165, 1.54) is 6.42 Å². The lowest BCUT2D eigenvalue weighted by Crippen LogP contribution is -2.67. The Kier molecular flexibility index (Phi) is 4.47. The van der Waals surface area contributed by atoms with Crippen LogP contribution in [0.1, 0.15) is 44.9 Å². The summed E-state index contributed by atoms with van der Waals surface area (Å²) in [6, 6.07) is 2.59. The van der Waals surface area contributed by atoms with Crippen LogP contribution in [0.2, 0.25) is 0 Å². The number of nitrogens with zero attached hydrogens (tertiary/aromatic N) is 4. The van der Waals surface area contributed by atoms with Gasteiger partial charge in [-0.25, -0.2) is 18.7 Å². The number of nitrogens with one attached hydrogen (secondary N) is 2. The Hall–Kier alpha value is -2.34. The summed E-state index contributed by atoms with van der Waals surface area (Å²) in [4.78, 5) is 22.4. The van der Waals surface area contributed by atoms with Crippen molar-refractivity contribution in [1.29, 1.82) is 5.26 Å². The van der Waals surface area contributed by atoms with Crippen LogP contribution in [0.4, 0.5) is 14.7 Å². The molecule has 0 radical (unpaired) electrons. The lowest BCUT2D eigenvalue weighted by Gasteiger charge is -2.62. The summed E-state index contributed by atoms with van der Waals surface area (Å²) in [6.07, 6.45) is 9.04. The Balaban J connectivity index is 1.29. The lowest BCUT2D eigenvalue weighted by atomic mass is 9.50. The molecule has 160 valence electrons. The van der Waals surface area contributed by atoms with Gasteiger partial charge in [-0.1, -0.05) is 0 Å². The Labute approximate surface area is 174 Å². The number of halogens is 2. The van der Waals surface area contributed by atoms with Crippen molar-refractivity contribution >= 4 is 11.9 Å². The summed E-state index contributed by atoms with van der Waals surface area (Å²) >= 11 is 0. The molecule has 5 aliphatic rings. The zero-order valence-corrected chi connectivity index (χ0v) is 16.8. The number of nitriles is 1. The standard InChI is InChI=1S/C21H26F2N6O/c22-21(23)9-16(10-24)29(13-21)17(30)11-27-19-5-14-4-15(6-19)8-20(7-14,12-19)28-18-25-2-1-3-26-18/h1-3,14-16,27H,4-9,11-13H2,(H,25,26,28)/t14?,15?,16-,19?,20?/m0/s1. The second-order valence-electron chi connectivity index (χ2n) is 9.80. The molecule has 1 aromatic rings. The number of hydrogen-bond acceptors (Lipinski definition) is 6. The second kappa shape index (κ2) is 6.84. The van der Waals surface area contributed by atoms with E-state index in [-0.39, 0.29) is 17.6 Å². The van der Waals surface area contributed by atoms with Gasteiger partial charge in [0.2, 0.25) is 11.9 Å². The van der Waals surface area contributed by atoms with Crippen LogP contribution in [0.15, 0.2) is 18.5 Å². The number of amides is 1. The highest BCUT2D eigenvalue weighted by molar-refractivity contribution is 5.79. The predicted octanol–water partition coefficient (Wildman–Crippen LogP) is 2.33. The van der Waals surface area contributed by atoms with Crippen molar-refractivity contribution < 1.29 is 13.6 Å². The third kappa shape index (κ3) is 3.51. The molecule has 1 aromatic heterocycles. The van der Waals surface area contributed by atoms with E-state index >= 15 is 0 Å². The largest absolute Gasteiger partial charge is 0.349 e. The number of aromatic nitrogens is 2. The summed E-state index contributed by atoms with van der Waals surface area (Å²) < 4.78 is 27.4. The number of hydrogen-bond donors (Lipinski definition) is 2. The maximum Gasteiger partial charge on any atom is 0.268 e. The van der Waals surface area contributed by atoms with Crippen LogP contribution in [0, 0.1) is 23.2 Å². The SMILES string of the molecule is N#C[C@@H]1CC(F)(F)CN1C(=O)CNC12CC3CC(C1)CC(Nc1ncccn1)(C3)C2. The quantitative estimate of drug-likeness (QED) is 0.765. The van der Waals surface area contributed by atoms with E-state index in [0.717, 1.165) is 37.0 Å². The summed E-state index contributed by atoms with van der Waals surface area (Å²) in [6.45, 7) is -0.674. The second-order valence-corrected chi connectivity index (χ2v) is 9.80. The van der Waals surface area contributed by atoms with E-state index < -0.39 is 30.8 Å². The summed E-state index contributed by atoms with van der Waals surface area (Å²) in [5.41, 5.74) is -0.288. The highest BCUT2D eigenvalue weighted by Crippen LogP contribution is 2.58. The fourth-order valence-corrected chi connectivity index (χ4v) is 6.78. The van der Waals surface area contributed by atoms with E-state index in [0.29, 0.717) is 17.8 Å². The molecule has 5 fully saturated rings. The third-order valence-corrected chi connectivity index (χ3v) is 7.36. The fourth-order valence-electron chi connectivity index (χ4n) is 6.78. The Morgan fingerprint density at radius 1 is 1.17 bits per heavy atom. The van der Waals surface area contributed by atoms with E-state index in [1.54, 1.807) is 18.5 Å². The van der Waals surface area contributed by atoms with Crippen molar-refractivity contribution in [3.05, 3.63) is 18.5 Å². The predicted molar refractivity (Wildman–Crippen MR) is 104 cm³/mol. The zero-order valence-electron chi connectivity index (χ0n) is 16.8. The molecule has 0 spiro atoms. The fraction of sp³-hybridized carbons (Fsp3) is 0.714. The van der Waals surface area contributed by atoms with Crippen molar-refractivity contribution in [2.75, 3.05) is 18.4 Å². The van der Waals surface area contributed by atoms with Crippen LogP contribution in [-0.4, -0.2) is 56.9 Å². The molecule has 4 aliphatic carbocycles. The van der Waals surface area contributed by atoms with Gasteiger partial charge in [0.05, 0.1) is 19.2 Å². The van der Waals surface area contributed by atoms with Gasteiger partial charge in [0.1, 0.15) is 6.04 Å². The van der Waals surface area contributed by atoms with Gasteiger partial charge in [0.25, 0.3) is 5.92 Å². The Morgan fingerprint density at radius 2 is 1.83 bits per heavy atom. The van der Waals surface area contributed by atoms with E-state index in [1.807, 2.05) is 6.07 Å². The van der Waals surface area contributed by atoms with Crippen LogP contribution in [-0.2, 0) is 4.79 Å². The van der Waals surface area contributed by atoms with Crippen molar-refractivity contribution in [3.63, 3.8) is 0 Å². The van der Waals surface area contributed by atoms with Crippen molar-refractivity contribution in [2.24, 2.45) is 11.8 Å². The van der Waals surface area contributed by atoms with Crippen LogP contribution in [0.3, 0.4) is 0 Å². The number of anilines is 1. The lowest BCUT2D eigenvalue weighted by molar-refractivity contribution is -0.132. The normalized spacial score (nSPS) is 38.4. The minimum Gasteiger partial charge on any atom is -0.349 e. The molecule has 30 heavy (non-hydrogen) atoms. The summed E-state index contributed by atoms with van der Waals surface area (Å²) in [5, 5.41) is 16.2. The Morgan fingerprint density at radius 3 is 2.50 bits per heavy atom. The molecule has 9 heteroatoms. The van der Waals surface area contributed by atoms with E-state index in [4.69, 9.17) is 0 Å². The minimum atomic E-state index is -2.99. The third-order valence-electron chi connectivity index (χ3n) is 7.36. The Bertz CT molecular complexity index is 858. The number of likely N-dealkylation sites (tertiary alicyclic amines) is 1. The topological polar surface area (TPSA) is 93.9 Å². The van der Waals surface area contributed by atoms with Crippen molar-refractivity contribution in [2.45, 2.75) is 68.0 Å². The maximum atomic E-state index is 13.7. The molecule has 0 aromatic carbocycles.